The Balaban J connectivity index is 1.62. The molecular weight excluding hydrogens is 329 g/mol. The molecule has 1 spiro atoms. The molecule has 1 aliphatic carbocycles. The van der Waals surface area contributed by atoms with E-state index in [2.05, 4.69) is 4.74 Å². The second kappa shape index (κ2) is 5.93. The van der Waals surface area contributed by atoms with E-state index in [4.69, 9.17) is 14.2 Å². The van der Waals surface area contributed by atoms with Gasteiger partial charge in [0, 0.05) is 19.6 Å². The lowest BCUT2D eigenvalue weighted by Crippen LogP contribution is -2.55. The molecule has 3 fully saturated rings. The van der Waals surface area contributed by atoms with Crippen molar-refractivity contribution in [2.75, 3.05) is 26.9 Å². The molecule has 5 nitrogen and oxygen atoms in total. The molecule has 138 valence electrons. The molecule has 0 radical (unpaired) electrons. The summed E-state index contributed by atoms with van der Waals surface area (Å²) in [4.78, 5) is 12.4. The SMILES string of the molecule is COC1C(=O)C(C)CC2(CO2)C1C1(C)OC1CCOCC(F)(F)F. The van der Waals surface area contributed by atoms with Crippen LogP contribution in [0.4, 0.5) is 13.2 Å². The Morgan fingerprint density at radius 3 is 2.58 bits per heavy atom. The van der Waals surface area contributed by atoms with E-state index < -0.39 is 30.1 Å². The minimum Gasteiger partial charge on any atom is -0.373 e. The third kappa shape index (κ3) is 3.21. The van der Waals surface area contributed by atoms with Gasteiger partial charge in [-0.2, -0.15) is 13.2 Å². The fraction of sp³-hybridized carbons (Fsp3) is 0.938. The zero-order chi connectivity index (χ0) is 17.8. The summed E-state index contributed by atoms with van der Waals surface area (Å²) >= 11 is 0. The van der Waals surface area contributed by atoms with Crippen LogP contribution in [-0.2, 0) is 23.7 Å². The highest BCUT2D eigenvalue weighted by molar-refractivity contribution is 5.87. The minimum absolute atomic E-state index is 0.0346. The number of alkyl halides is 3. The molecule has 0 bridgehead atoms. The van der Waals surface area contributed by atoms with E-state index in [1.54, 1.807) is 0 Å². The molecule has 3 aliphatic rings. The summed E-state index contributed by atoms with van der Waals surface area (Å²) in [6.07, 6.45) is -4.21. The normalized spacial score (nSPS) is 44.8. The molecule has 8 heteroatoms. The van der Waals surface area contributed by atoms with Crippen molar-refractivity contribution < 1.29 is 36.9 Å². The van der Waals surface area contributed by atoms with Crippen LogP contribution in [0, 0.1) is 11.8 Å². The number of methoxy groups -OCH3 is 1. The van der Waals surface area contributed by atoms with Crippen LogP contribution in [0.3, 0.4) is 0 Å². The van der Waals surface area contributed by atoms with Crippen LogP contribution in [0.5, 0.6) is 0 Å². The zero-order valence-corrected chi connectivity index (χ0v) is 14.0. The van der Waals surface area contributed by atoms with Gasteiger partial charge in [0.05, 0.1) is 18.6 Å². The number of carbonyl (C=O) groups excluding carboxylic acids is 1. The molecule has 0 aromatic carbocycles. The Labute approximate surface area is 138 Å². The van der Waals surface area contributed by atoms with Gasteiger partial charge in [-0.25, -0.2) is 0 Å². The molecular formula is C16H23F3O5. The predicted octanol–water partition coefficient (Wildman–Crippen LogP) is 2.12. The second-order valence-electron chi connectivity index (χ2n) is 7.24. The number of ketones is 1. The van der Waals surface area contributed by atoms with E-state index in [9.17, 15) is 18.0 Å². The molecule has 0 N–H and O–H groups in total. The molecule has 3 rings (SSSR count). The summed E-state index contributed by atoms with van der Waals surface area (Å²) in [6, 6.07) is 0. The van der Waals surface area contributed by atoms with Gasteiger partial charge in [0.1, 0.15) is 23.9 Å². The Kier molecular flexibility index (Phi) is 4.47. The lowest BCUT2D eigenvalue weighted by Gasteiger charge is -2.40. The number of halogens is 3. The number of ether oxygens (including phenoxy) is 4. The summed E-state index contributed by atoms with van der Waals surface area (Å²) < 4.78 is 57.9. The van der Waals surface area contributed by atoms with Gasteiger partial charge in [0.15, 0.2) is 5.78 Å². The number of carbonyl (C=O) groups is 1. The van der Waals surface area contributed by atoms with Crippen LogP contribution in [-0.4, -0.2) is 62.3 Å². The maximum Gasteiger partial charge on any atom is 0.411 e. The highest BCUT2D eigenvalue weighted by Crippen LogP contribution is 2.59. The third-order valence-electron chi connectivity index (χ3n) is 5.44. The number of hydrogen-bond donors (Lipinski definition) is 0. The number of rotatable bonds is 6. The van der Waals surface area contributed by atoms with Crippen molar-refractivity contribution in [3.05, 3.63) is 0 Å². The molecule has 2 saturated heterocycles. The molecule has 2 heterocycles. The van der Waals surface area contributed by atoms with Crippen LogP contribution in [0.25, 0.3) is 0 Å². The van der Waals surface area contributed by atoms with E-state index in [-0.39, 0.29) is 30.3 Å². The average molecular weight is 352 g/mol. The van der Waals surface area contributed by atoms with Gasteiger partial charge in [-0.3, -0.25) is 4.79 Å². The molecule has 0 amide bonds. The van der Waals surface area contributed by atoms with Crippen molar-refractivity contribution in [1.29, 1.82) is 0 Å². The largest absolute Gasteiger partial charge is 0.411 e. The van der Waals surface area contributed by atoms with E-state index in [0.717, 1.165) is 0 Å². The highest BCUT2D eigenvalue weighted by Gasteiger charge is 2.72. The van der Waals surface area contributed by atoms with Gasteiger partial charge in [-0.1, -0.05) is 6.92 Å². The topological polar surface area (TPSA) is 60.6 Å². The monoisotopic (exact) mass is 352 g/mol. The lowest BCUT2D eigenvalue weighted by atomic mass is 9.66. The summed E-state index contributed by atoms with van der Waals surface area (Å²) in [5, 5.41) is 0. The number of epoxide rings is 2. The zero-order valence-electron chi connectivity index (χ0n) is 14.0. The Bertz CT molecular complexity index is 504. The van der Waals surface area contributed by atoms with Gasteiger partial charge in [-0.05, 0) is 19.8 Å². The quantitative estimate of drug-likeness (QED) is 0.541. The van der Waals surface area contributed by atoms with Crippen molar-refractivity contribution in [1.82, 2.24) is 0 Å². The van der Waals surface area contributed by atoms with Crippen LogP contribution < -0.4 is 0 Å². The molecule has 0 aromatic rings. The molecule has 6 atom stereocenters. The van der Waals surface area contributed by atoms with Crippen molar-refractivity contribution in [3.63, 3.8) is 0 Å². The Hall–Kier alpha value is -0.700. The van der Waals surface area contributed by atoms with Crippen molar-refractivity contribution >= 4 is 5.78 Å². The van der Waals surface area contributed by atoms with Crippen molar-refractivity contribution in [2.45, 2.75) is 56.3 Å². The van der Waals surface area contributed by atoms with Crippen molar-refractivity contribution in [2.24, 2.45) is 11.8 Å². The fourth-order valence-corrected chi connectivity index (χ4v) is 4.20. The Morgan fingerprint density at radius 2 is 2.04 bits per heavy atom. The minimum atomic E-state index is -4.33. The highest BCUT2D eigenvalue weighted by atomic mass is 19.4. The van der Waals surface area contributed by atoms with E-state index in [0.29, 0.717) is 19.4 Å². The fourth-order valence-electron chi connectivity index (χ4n) is 4.20. The first-order chi connectivity index (χ1) is 11.1. The summed E-state index contributed by atoms with van der Waals surface area (Å²) in [6.45, 7) is 3.01. The number of Topliss-reactive ketones (excluding diaryl/α,β-unsaturated/α-hetero) is 1. The Morgan fingerprint density at radius 1 is 1.38 bits per heavy atom. The summed E-state index contributed by atoms with van der Waals surface area (Å²) in [5.41, 5.74) is -1.04. The van der Waals surface area contributed by atoms with Crippen molar-refractivity contribution in [3.8, 4) is 0 Å². The van der Waals surface area contributed by atoms with E-state index >= 15 is 0 Å². The maximum atomic E-state index is 12.4. The molecule has 24 heavy (non-hydrogen) atoms. The summed E-state index contributed by atoms with van der Waals surface area (Å²) in [7, 11) is 1.50. The van der Waals surface area contributed by atoms with Gasteiger partial charge in [0.25, 0.3) is 0 Å². The summed E-state index contributed by atoms with van der Waals surface area (Å²) in [5.74, 6) is -0.344. The first-order valence-corrected chi connectivity index (χ1v) is 8.16. The first-order valence-electron chi connectivity index (χ1n) is 8.16. The lowest BCUT2D eigenvalue weighted by molar-refractivity contribution is -0.174. The van der Waals surface area contributed by atoms with Crippen LogP contribution >= 0.6 is 0 Å². The molecule has 2 aliphatic heterocycles. The van der Waals surface area contributed by atoms with Gasteiger partial charge in [0.2, 0.25) is 0 Å². The molecule has 0 aromatic heterocycles. The van der Waals surface area contributed by atoms with Gasteiger partial charge < -0.3 is 18.9 Å². The van der Waals surface area contributed by atoms with E-state index in [1.807, 2.05) is 13.8 Å². The van der Waals surface area contributed by atoms with Crippen LogP contribution in [0.15, 0.2) is 0 Å². The second-order valence-corrected chi connectivity index (χ2v) is 7.24. The van der Waals surface area contributed by atoms with Gasteiger partial charge in [-0.15, -0.1) is 0 Å². The third-order valence-corrected chi connectivity index (χ3v) is 5.44. The first kappa shape index (κ1) is 18.1. The molecule has 6 unspecified atom stereocenters. The predicted molar refractivity (Wildman–Crippen MR) is 76.5 cm³/mol. The smallest absolute Gasteiger partial charge is 0.373 e. The average Bonchev–Trinajstić information content (AvgIpc) is 3.37. The maximum absolute atomic E-state index is 12.4. The van der Waals surface area contributed by atoms with Gasteiger partial charge >= 0.3 is 6.18 Å². The van der Waals surface area contributed by atoms with Crippen LogP contribution in [0.1, 0.15) is 26.7 Å². The number of hydrogen-bond acceptors (Lipinski definition) is 5. The van der Waals surface area contributed by atoms with Crippen LogP contribution in [0.2, 0.25) is 0 Å². The van der Waals surface area contributed by atoms with E-state index in [1.165, 1.54) is 7.11 Å². The standard InChI is InChI=1S/C16H23F3O5/c1-9-6-15(7-23-15)13(12(21-3)11(9)20)14(2)10(24-14)4-5-22-8-16(17,18)19/h9-10,12-13H,4-8H2,1-3H3. The molecule has 1 saturated carbocycles.